The average Bonchev–Trinajstić information content (AvgIpc) is 3.61. The molecule has 2 atom stereocenters. The molecule has 0 spiro atoms. The minimum absolute atomic E-state index is 0.0222. The molecule has 0 radical (unpaired) electrons. The van der Waals surface area contributed by atoms with Gasteiger partial charge in [-0.2, -0.15) is 0 Å². The number of aromatic nitrogens is 4. The van der Waals surface area contributed by atoms with E-state index in [1.807, 2.05) is 31.3 Å². The first-order chi connectivity index (χ1) is 17.6. The van der Waals surface area contributed by atoms with Crippen molar-refractivity contribution in [3.05, 3.63) is 72.3 Å². The van der Waals surface area contributed by atoms with Crippen LogP contribution in [0.3, 0.4) is 0 Å². The van der Waals surface area contributed by atoms with Crippen molar-refractivity contribution in [2.75, 3.05) is 6.54 Å². The molecular formula is C29H30N6O. The average molecular weight is 479 g/mol. The number of rotatable bonds is 5. The van der Waals surface area contributed by atoms with Crippen LogP contribution in [0.25, 0.3) is 39.1 Å². The van der Waals surface area contributed by atoms with Gasteiger partial charge in [-0.3, -0.25) is 14.8 Å². The maximum absolute atomic E-state index is 12.5. The first-order valence-electron chi connectivity index (χ1n) is 12.7. The van der Waals surface area contributed by atoms with Gasteiger partial charge in [-0.25, -0.2) is 4.98 Å². The summed E-state index contributed by atoms with van der Waals surface area (Å²) in [5.74, 6) is 0.146. The van der Waals surface area contributed by atoms with E-state index in [0.29, 0.717) is 0 Å². The van der Waals surface area contributed by atoms with Gasteiger partial charge < -0.3 is 15.6 Å². The number of hydrogen-bond acceptors (Lipinski definition) is 5. The second-order valence-electron chi connectivity index (χ2n) is 9.78. The van der Waals surface area contributed by atoms with Gasteiger partial charge in [0.25, 0.3) is 0 Å². The van der Waals surface area contributed by atoms with E-state index in [0.717, 1.165) is 83.5 Å². The predicted octanol–water partition coefficient (Wildman–Crippen LogP) is 4.80. The molecule has 4 aromatic rings. The van der Waals surface area contributed by atoms with Crippen LogP contribution in [0.4, 0.5) is 0 Å². The van der Waals surface area contributed by atoms with Crippen LogP contribution in [0.5, 0.6) is 0 Å². The molecule has 1 aliphatic heterocycles. The van der Waals surface area contributed by atoms with Crippen molar-refractivity contribution in [2.24, 2.45) is 0 Å². The minimum Gasteiger partial charge on any atom is -0.352 e. The highest BCUT2D eigenvalue weighted by molar-refractivity contribution is 5.89. The fraction of sp³-hybridized carbons (Fsp3) is 0.310. The smallest absolute Gasteiger partial charge is 0.237 e. The van der Waals surface area contributed by atoms with Gasteiger partial charge in [0.15, 0.2) is 0 Å². The van der Waals surface area contributed by atoms with Crippen LogP contribution < -0.4 is 10.6 Å². The minimum atomic E-state index is -0.0222. The number of pyridine rings is 2. The summed E-state index contributed by atoms with van der Waals surface area (Å²) < 4.78 is 0. The Labute approximate surface area is 210 Å². The number of fused-ring (bicyclic) bond motifs is 1. The quantitative estimate of drug-likeness (QED) is 0.383. The van der Waals surface area contributed by atoms with Crippen molar-refractivity contribution in [1.29, 1.82) is 0 Å². The number of hydrogen-bond donors (Lipinski definition) is 3. The van der Waals surface area contributed by atoms with Crippen molar-refractivity contribution < 1.29 is 4.79 Å². The largest absolute Gasteiger partial charge is 0.352 e. The lowest BCUT2D eigenvalue weighted by atomic mass is 9.90. The molecular weight excluding hydrogens is 448 g/mol. The maximum Gasteiger partial charge on any atom is 0.237 e. The van der Waals surface area contributed by atoms with Crippen LogP contribution in [-0.2, 0) is 4.79 Å². The molecule has 36 heavy (non-hydrogen) atoms. The fourth-order valence-electron chi connectivity index (χ4n) is 5.28. The second kappa shape index (κ2) is 9.66. The Bertz CT molecular complexity index is 1450. The first kappa shape index (κ1) is 22.6. The number of H-pyrrole nitrogens is 1. The van der Waals surface area contributed by atoms with Crippen molar-refractivity contribution in [2.45, 2.75) is 51.1 Å². The summed E-state index contributed by atoms with van der Waals surface area (Å²) >= 11 is 0. The van der Waals surface area contributed by atoms with E-state index in [1.54, 1.807) is 6.33 Å². The van der Waals surface area contributed by atoms with Crippen molar-refractivity contribution in [3.8, 4) is 22.6 Å². The molecule has 1 aliphatic carbocycles. The summed E-state index contributed by atoms with van der Waals surface area (Å²) in [5.41, 5.74) is 8.07. The number of nitrogens with one attached hydrogen (secondary N) is 3. The normalized spacial score (nSPS) is 19.9. The Morgan fingerprint density at radius 1 is 1.08 bits per heavy atom. The third kappa shape index (κ3) is 4.54. The van der Waals surface area contributed by atoms with E-state index in [1.165, 1.54) is 5.57 Å². The molecule has 4 heterocycles. The Morgan fingerprint density at radius 3 is 2.81 bits per heavy atom. The molecule has 1 saturated heterocycles. The highest BCUT2D eigenvalue weighted by Gasteiger charge is 2.25. The van der Waals surface area contributed by atoms with E-state index < -0.39 is 0 Å². The van der Waals surface area contributed by atoms with Crippen LogP contribution in [-0.4, -0.2) is 44.5 Å². The number of carbonyl (C=O) groups is 1. The molecule has 1 fully saturated rings. The zero-order chi connectivity index (χ0) is 24.5. The number of carbonyl (C=O) groups excluding carboxylic acids is 1. The molecule has 1 aromatic carbocycles. The van der Waals surface area contributed by atoms with E-state index in [9.17, 15) is 4.79 Å². The highest BCUT2D eigenvalue weighted by Crippen LogP contribution is 2.32. The number of nitrogens with zero attached hydrogens (tertiary/aromatic N) is 3. The molecule has 0 bridgehead atoms. The molecule has 3 aromatic heterocycles. The number of imidazole rings is 1. The topological polar surface area (TPSA) is 95.6 Å². The number of aryl methyl sites for hydroxylation is 1. The van der Waals surface area contributed by atoms with E-state index in [2.05, 4.69) is 55.9 Å². The molecule has 1 amide bonds. The second-order valence-corrected chi connectivity index (χ2v) is 9.78. The molecule has 182 valence electrons. The number of allylic oxidation sites excluding steroid dienone is 1. The van der Waals surface area contributed by atoms with E-state index >= 15 is 0 Å². The summed E-state index contributed by atoms with van der Waals surface area (Å²) in [4.78, 5) is 29.7. The van der Waals surface area contributed by atoms with E-state index in [4.69, 9.17) is 4.98 Å². The standard InChI is InChI=1S/C29H30N6O/c1-18-4-2-5-25(34-18)28-27(32-17-33-28)20-9-12-24-21(14-20)15-22(16-31-24)19-7-10-23(11-8-19)35-29(36)26-6-3-13-30-26/h2,4-5,7,9,12,14-17,23,26,30H,3,6,8,10-11,13H2,1H3,(H,32,33)(H,35,36)/t23-,26-/m0/s1. The Kier molecular flexibility index (Phi) is 6.07. The highest BCUT2D eigenvalue weighted by atomic mass is 16.2. The maximum atomic E-state index is 12.5. The zero-order valence-electron chi connectivity index (χ0n) is 20.4. The lowest BCUT2D eigenvalue weighted by Gasteiger charge is -2.24. The molecule has 0 unspecified atom stereocenters. The van der Waals surface area contributed by atoms with Crippen molar-refractivity contribution >= 4 is 22.4 Å². The molecule has 0 saturated carbocycles. The number of benzene rings is 1. The van der Waals surface area contributed by atoms with Crippen LogP contribution in [0.2, 0.25) is 0 Å². The van der Waals surface area contributed by atoms with Crippen LogP contribution in [0, 0.1) is 6.92 Å². The molecule has 3 N–H and O–H groups in total. The van der Waals surface area contributed by atoms with Crippen LogP contribution >= 0.6 is 0 Å². The SMILES string of the molecule is Cc1cccc(-c2[nH]cnc2-c2ccc3ncc(C4=CC[C@H](NC(=O)[C@@H]5CCCN5)CC4)cc3c2)n1. The van der Waals surface area contributed by atoms with Crippen molar-refractivity contribution in [1.82, 2.24) is 30.6 Å². The van der Waals surface area contributed by atoms with E-state index in [-0.39, 0.29) is 18.0 Å². The van der Waals surface area contributed by atoms with Gasteiger partial charge in [-0.15, -0.1) is 0 Å². The fourth-order valence-corrected chi connectivity index (χ4v) is 5.28. The third-order valence-corrected chi connectivity index (χ3v) is 7.24. The molecule has 2 aliphatic rings. The monoisotopic (exact) mass is 478 g/mol. The van der Waals surface area contributed by atoms with Gasteiger partial charge in [-0.1, -0.05) is 18.2 Å². The Morgan fingerprint density at radius 2 is 2.00 bits per heavy atom. The summed E-state index contributed by atoms with van der Waals surface area (Å²) in [6.45, 7) is 2.93. The third-order valence-electron chi connectivity index (χ3n) is 7.24. The Hall–Kier alpha value is -3.84. The number of aromatic amines is 1. The zero-order valence-corrected chi connectivity index (χ0v) is 20.4. The Balaban J connectivity index is 1.23. The summed E-state index contributed by atoms with van der Waals surface area (Å²) in [7, 11) is 0. The molecule has 7 nitrogen and oxygen atoms in total. The lowest BCUT2D eigenvalue weighted by molar-refractivity contribution is -0.123. The lowest BCUT2D eigenvalue weighted by Crippen LogP contribution is -2.45. The summed E-state index contributed by atoms with van der Waals surface area (Å²) in [6, 6.07) is 14.7. The van der Waals surface area contributed by atoms with Crippen LogP contribution in [0.15, 0.2) is 61.1 Å². The van der Waals surface area contributed by atoms with Gasteiger partial charge in [0.2, 0.25) is 5.91 Å². The predicted molar refractivity (Wildman–Crippen MR) is 142 cm³/mol. The van der Waals surface area contributed by atoms with Gasteiger partial charge in [-0.05, 0) is 87.0 Å². The first-order valence-corrected chi connectivity index (χ1v) is 12.7. The van der Waals surface area contributed by atoms with Gasteiger partial charge >= 0.3 is 0 Å². The van der Waals surface area contributed by atoms with Gasteiger partial charge in [0.05, 0.1) is 35.0 Å². The van der Waals surface area contributed by atoms with Crippen molar-refractivity contribution in [3.63, 3.8) is 0 Å². The summed E-state index contributed by atoms with van der Waals surface area (Å²) in [5, 5.41) is 7.60. The molecule has 7 heteroatoms. The van der Waals surface area contributed by atoms with Gasteiger partial charge in [0, 0.05) is 28.9 Å². The summed E-state index contributed by atoms with van der Waals surface area (Å²) in [6.07, 6.45) is 10.7. The van der Waals surface area contributed by atoms with Gasteiger partial charge in [0.1, 0.15) is 0 Å². The van der Waals surface area contributed by atoms with Crippen LogP contribution in [0.1, 0.15) is 43.4 Å². The number of amides is 1. The molecule has 6 rings (SSSR count).